The molecule has 0 aliphatic heterocycles. The second kappa shape index (κ2) is 9.04. The molecule has 128 valence electrons. The first-order valence-electron chi connectivity index (χ1n) is 8.73. The van der Waals surface area contributed by atoms with Crippen molar-refractivity contribution in [3.8, 4) is 0 Å². The van der Waals surface area contributed by atoms with Crippen LogP contribution in [0.2, 0.25) is 0 Å². The second-order valence-corrected chi connectivity index (χ2v) is 6.86. The molecule has 4 nitrogen and oxygen atoms in total. The van der Waals surface area contributed by atoms with Crippen molar-refractivity contribution in [1.82, 2.24) is 10.2 Å². The number of aliphatic hydroxyl groups excluding tert-OH is 1. The molecule has 2 atom stereocenters. The molecule has 23 heavy (non-hydrogen) atoms. The van der Waals surface area contributed by atoms with Crippen LogP contribution in [-0.4, -0.2) is 48.7 Å². The number of aliphatic hydroxyl groups is 1. The van der Waals surface area contributed by atoms with Gasteiger partial charge in [-0.2, -0.15) is 0 Å². The van der Waals surface area contributed by atoms with Crippen molar-refractivity contribution < 1.29 is 9.90 Å². The largest absolute Gasteiger partial charge is 0.394 e. The molecular weight excluding hydrogens is 288 g/mol. The van der Waals surface area contributed by atoms with Gasteiger partial charge in [0.05, 0.1) is 18.7 Å². The van der Waals surface area contributed by atoms with E-state index in [0.717, 1.165) is 18.4 Å². The molecule has 1 aromatic rings. The fourth-order valence-corrected chi connectivity index (χ4v) is 3.48. The molecule has 0 aromatic heterocycles. The average Bonchev–Trinajstić information content (AvgIpc) is 2.58. The van der Waals surface area contributed by atoms with Crippen molar-refractivity contribution in [1.29, 1.82) is 0 Å². The van der Waals surface area contributed by atoms with E-state index in [1.165, 1.54) is 19.3 Å². The summed E-state index contributed by atoms with van der Waals surface area (Å²) >= 11 is 0. The fourth-order valence-electron chi connectivity index (χ4n) is 3.48. The number of rotatable bonds is 7. The van der Waals surface area contributed by atoms with Crippen LogP contribution in [0.5, 0.6) is 0 Å². The highest BCUT2D eigenvalue weighted by atomic mass is 16.3. The highest BCUT2D eigenvalue weighted by Gasteiger charge is 2.28. The third kappa shape index (κ3) is 5.33. The molecule has 0 radical (unpaired) electrons. The molecule has 1 fully saturated rings. The number of likely N-dealkylation sites (N-methyl/N-ethyl adjacent to an activating group) is 1. The van der Waals surface area contributed by atoms with Gasteiger partial charge in [-0.25, -0.2) is 0 Å². The van der Waals surface area contributed by atoms with Gasteiger partial charge in [-0.3, -0.25) is 9.69 Å². The Balaban J connectivity index is 1.99. The normalized spacial score (nSPS) is 18.6. The van der Waals surface area contributed by atoms with E-state index < -0.39 is 0 Å². The summed E-state index contributed by atoms with van der Waals surface area (Å²) in [6.07, 6.45) is 6.59. The molecule has 0 saturated heterocycles. The third-order valence-electron chi connectivity index (χ3n) is 4.94. The highest BCUT2D eigenvalue weighted by molar-refractivity contribution is 5.82. The zero-order valence-corrected chi connectivity index (χ0v) is 14.4. The lowest BCUT2D eigenvalue weighted by atomic mass is 9.84. The first kappa shape index (κ1) is 18.0. The monoisotopic (exact) mass is 318 g/mol. The highest BCUT2D eigenvalue weighted by Crippen LogP contribution is 2.26. The molecule has 1 saturated carbocycles. The SMILES string of the molecule is CN(C)[C@@H](Cc1ccccc1)C(=O)N[C@H](CO)C1CCCCC1. The summed E-state index contributed by atoms with van der Waals surface area (Å²) < 4.78 is 0. The molecule has 1 amide bonds. The van der Waals surface area contributed by atoms with E-state index in [1.807, 2.05) is 37.2 Å². The summed E-state index contributed by atoms with van der Waals surface area (Å²) in [5.74, 6) is 0.431. The van der Waals surface area contributed by atoms with Gasteiger partial charge in [0, 0.05) is 0 Å². The molecule has 2 rings (SSSR count). The van der Waals surface area contributed by atoms with Crippen LogP contribution in [-0.2, 0) is 11.2 Å². The first-order valence-corrected chi connectivity index (χ1v) is 8.73. The Bertz CT molecular complexity index is 470. The maximum atomic E-state index is 12.7. The number of hydrogen-bond donors (Lipinski definition) is 2. The van der Waals surface area contributed by atoms with Gasteiger partial charge < -0.3 is 10.4 Å². The van der Waals surface area contributed by atoms with Gasteiger partial charge in [0.2, 0.25) is 5.91 Å². The summed E-state index contributed by atoms with van der Waals surface area (Å²) in [5.41, 5.74) is 1.15. The molecule has 0 spiro atoms. The van der Waals surface area contributed by atoms with Gasteiger partial charge in [0.15, 0.2) is 0 Å². The standard InChI is InChI=1S/C19H30N2O2/c1-21(2)18(13-15-9-5-3-6-10-15)19(23)20-17(14-22)16-11-7-4-8-12-16/h3,5-6,9-10,16-18,22H,4,7-8,11-14H2,1-2H3,(H,20,23)/t17-,18+/m1/s1. The minimum Gasteiger partial charge on any atom is -0.394 e. The van der Waals surface area contributed by atoms with Crippen LogP contribution >= 0.6 is 0 Å². The van der Waals surface area contributed by atoms with E-state index in [4.69, 9.17) is 0 Å². The Morgan fingerprint density at radius 1 is 1.22 bits per heavy atom. The number of nitrogens with zero attached hydrogens (tertiary/aromatic N) is 1. The van der Waals surface area contributed by atoms with Crippen molar-refractivity contribution >= 4 is 5.91 Å². The third-order valence-corrected chi connectivity index (χ3v) is 4.94. The molecule has 1 aromatic carbocycles. The summed E-state index contributed by atoms with van der Waals surface area (Å²) in [4.78, 5) is 14.7. The topological polar surface area (TPSA) is 52.6 Å². The summed E-state index contributed by atoms with van der Waals surface area (Å²) in [5, 5.41) is 12.8. The maximum absolute atomic E-state index is 12.7. The van der Waals surface area contributed by atoms with Gasteiger partial charge >= 0.3 is 0 Å². The predicted molar refractivity (Wildman–Crippen MR) is 93.2 cm³/mol. The second-order valence-electron chi connectivity index (χ2n) is 6.86. The molecular formula is C19H30N2O2. The van der Waals surface area contributed by atoms with Crippen molar-refractivity contribution in [3.63, 3.8) is 0 Å². The Morgan fingerprint density at radius 2 is 1.87 bits per heavy atom. The Kier molecular flexibility index (Phi) is 7.06. The zero-order valence-electron chi connectivity index (χ0n) is 14.4. The van der Waals surface area contributed by atoms with Crippen molar-refractivity contribution in [2.75, 3.05) is 20.7 Å². The predicted octanol–water partition coefficient (Wildman–Crippen LogP) is 2.22. The number of hydrogen-bond acceptors (Lipinski definition) is 3. The van der Waals surface area contributed by atoms with E-state index in [2.05, 4.69) is 17.4 Å². The lowest BCUT2D eigenvalue weighted by Crippen LogP contribution is -2.51. The molecule has 0 unspecified atom stereocenters. The summed E-state index contributed by atoms with van der Waals surface area (Å²) in [6, 6.07) is 9.76. The van der Waals surface area contributed by atoms with Crippen LogP contribution in [0.1, 0.15) is 37.7 Å². The maximum Gasteiger partial charge on any atom is 0.237 e. The molecule has 0 heterocycles. The molecule has 1 aliphatic carbocycles. The van der Waals surface area contributed by atoms with Gasteiger partial charge in [-0.1, -0.05) is 49.6 Å². The van der Waals surface area contributed by atoms with Crippen LogP contribution in [0.15, 0.2) is 30.3 Å². The number of amides is 1. The molecule has 0 bridgehead atoms. The van der Waals surface area contributed by atoms with Crippen LogP contribution in [0.4, 0.5) is 0 Å². The number of carbonyl (C=O) groups excluding carboxylic acids is 1. The Labute approximate surface area is 139 Å². The Hall–Kier alpha value is -1.39. The van der Waals surface area contributed by atoms with Crippen LogP contribution in [0.25, 0.3) is 0 Å². The van der Waals surface area contributed by atoms with Crippen molar-refractivity contribution in [2.45, 2.75) is 50.6 Å². The van der Waals surface area contributed by atoms with Gasteiger partial charge in [-0.05, 0) is 44.8 Å². The first-order chi connectivity index (χ1) is 11.1. The van der Waals surface area contributed by atoms with Gasteiger partial charge in [0.1, 0.15) is 0 Å². The Morgan fingerprint density at radius 3 is 2.43 bits per heavy atom. The zero-order chi connectivity index (χ0) is 16.7. The van der Waals surface area contributed by atoms with Crippen LogP contribution in [0.3, 0.4) is 0 Å². The van der Waals surface area contributed by atoms with E-state index in [9.17, 15) is 9.90 Å². The van der Waals surface area contributed by atoms with E-state index in [1.54, 1.807) is 0 Å². The molecule has 1 aliphatic rings. The minimum absolute atomic E-state index is 0.0171. The van der Waals surface area contributed by atoms with Crippen LogP contribution < -0.4 is 5.32 Å². The van der Waals surface area contributed by atoms with E-state index in [-0.39, 0.29) is 24.6 Å². The number of carbonyl (C=O) groups is 1. The van der Waals surface area contributed by atoms with E-state index >= 15 is 0 Å². The minimum atomic E-state index is -0.213. The smallest absolute Gasteiger partial charge is 0.237 e. The van der Waals surface area contributed by atoms with Crippen LogP contribution in [0, 0.1) is 5.92 Å². The fraction of sp³-hybridized carbons (Fsp3) is 0.632. The number of nitrogens with one attached hydrogen (secondary N) is 1. The lowest BCUT2D eigenvalue weighted by molar-refractivity contribution is -0.127. The molecule has 4 heteroatoms. The van der Waals surface area contributed by atoms with Crippen molar-refractivity contribution in [3.05, 3.63) is 35.9 Å². The average molecular weight is 318 g/mol. The van der Waals surface area contributed by atoms with Crippen molar-refractivity contribution in [2.24, 2.45) is 5.92 Å². The van der Waals surface area contributed by atoms with E-state index in [0.29, 0.717) is 12.3 Å². The molecule has 2 N–H and O–H groups in total. The lowest BCUT2D eigenvalue weighted by Gasteiger charge is -2.32. The quantitative estimate of drug-likeness (QED) is 0.810. The summed E-state index contributed by atoms with van der Waals surface area (Å²) in [6.45, 7) is 0.0297. The number of benzene rings is 1. The van der Waals surface area contributed by atoms with Gasteiger partial charge in [-0.15, -0.1) is 0 Å². The summed E-state index contributed by atoms with van der Waals surface area (Å²) in [7, 11) is 3.86. The van der Waals surface area contributed by atoms with Gasteiger partial charge in [0.25, 0.3) is 0 Å².